The number of hydrazine groups is 1. The van der Waals surface area contributed by atoms with E-state index in [1.165, 1.54) is 10.9 Å². The van der Waals surface area contributed by atoms with Crippen LogP contribution < -0.4 is 21.5 Å². The van der Waals surface area contributed by atoms with Gasteiger partial charge in [-0.2, -0.15) is 5.10 Å². The minimum Gasteiger partial charge on any atom is -0.379 e. The summed E-state index contributed by atoms with van der Waals surface area (Å²) in [5, 5.41) is 10.6. The molecule has 1 fully saturated rings. The number of amides is 1. The van der Waals surface area contributed by atoms with E-state index in [1.807, 2.05) is 30.3 Å². The highest BCUT2D eigenvalue weighted by atomic mass is 32.1. The number of aromatic nitrogens is 2. The number of hydrogen-bond acceptors (Lipinski definition) is 6. The van der Waals surface area contributed by atoms with Crippen molar-refractivity contribution in [3.05, 3.63) is 47.7 Å². The highest BCUT2D eigenvalue weighted by Crippen LogP contribution is 2.39. The van der Waals surface area contributed by atoms with Crippen molar-refractivity contribution in [3.63, 3.8) is 0 Å². The summed E-state index contributed by atoms with van der Waals surface area (Å²) in [5.41, 5.74) is 6.22. The quantitative estimate of drug-likeness (QED) is 0.265. The van der Waals surface area contributed by atoms with E-state index in [0.717, 1.165) is 44.8 Å². The molecule has 2 aliphatic rings. The Morgan fingerprint density at radius 1 is 1.24 bits per heavy atom. The molecule has 2 atom stereocenters. The Kier molecular flexibility index (Phi) is 8.25. The number of carbonyl (C=O) groups is 1. The minimum absolute atomic E-state index is 0.161. The molecule has 1 aromatic heterocycles. The van der Waals surface area contributed by atoms with Crippen molar-refractivity contribution in [1.29, 1.82) is 0 Å². The standard InChI is InChI=1S/C22H29F2N7O2S/c23-19(24)18-13-17(15-5-2-1-3-6-15)27-20-16(14-26-31(18)20)21(32)28-29-22(34)25-7-4-8-30-9-11-33-12-10-30/h1-3,5-6,14,17-19,27H,4,7-13H2,(H,28,32)(H2,25,29,34). The molecule has 0 saturated carbocycles. The summed E-state index contributed by atoms with van der Waals surface area (Å²) < 4.78 is 34.1. The fourth-order valence-electron chi connectivity index (χ4n) is 4.16. The fourth-order valence-corrected chi connectivity index (χ4v) is 4.31. The van der Waals surface area contributed by atoms with E-state index in [9.17, 15) is 13.6 Å². The van der Waals surface area contributed by atoms with Crippen molar-refractivity contribution in [2.45, 2.75) is 31.4 Å². The number of morpholine rings is 1. The molecule has 1 amide bonds. The zero-order valence-corrected chi connectivity index (χ0v) is 19.5. The molecule has 0 spiro atoms. The first-order valence-electron chi connectivity index (χ1n) is 11.3. The SMILES string of the molecule is O=C(NNC(=S)NCCCN1CCOCC1)c1cnn2c1NC(c1ccccc1)CC2C(F)F. The number of fused-ring (bicyclic) bond motifs is 1. The van der Waals surface area contributed by atoms with Gasteiger partial charge in [0.15, 0.2) is 5.11 Å². The number of thiocarbonyl (C=S) groups is 1. The number of nitrogens with one attached hydrogen (secondary N) is 4. The lowest BCUT2D eigenvalue weighted by molar-refractivity contribution is 0.0376. The number of alkyl halides is 2. The first kappa shape index (κ1) is 24.3. The molecule has 1 aromatic carbocycles. The Morgan fingerprint density at radius 3 is 2.74 bits per heavy atom. The molecule has 2 aliphatic heterocycles. The van der Waals surface area contributed by atoms with Crippen molar-refractivity contribution < 1.29 is 18.3 Å². The molecule has 12 heteroatoms. The number of anilines is 1. The molecule has 4 rings (SSSR count). The smallest absolute Gasteiger partial charge is 0.275 e. The molecule has 34 heavy (non-hydrogen) atoms. The van der Waals surface area contributed by atoms with Crippen molar-refractivity contribution in [3.8, 4) is 0 Å². The topological polar surface area (TPSA) is 95.5 Å². The maximum Gasteiger partial charge on any atom is 0.275 e. The van der Waals surface area contributed by atoms with Crippen molar-refractivity contribution >= 4 is 29.1 Å². The zero-order valence-electron chi connectivity index (χ0n) is 18.7. The van der Waals surface area contributed by atoms with E-state index >= 15 is 0 Å². The van der Waals surface area contributed by atoms with Gasteiger partial charge in [-0.1, -0.05) is 30.3 Å². The van der Waals surface area contributed by atoms with E-state index in [1.54, 1.807) is 0 Å². The van der Waals surface area contributed by atoms with Gasteiger partial charge in [-0.05, 0) is 37.2 Å². The second kappa shape index (κ2) is 11.5. The fraction of sp³-hybridized carbons (Fsp3) is 0.500. The second-order valence-corrected chi connectivity index (χ2v) is 8.65. The Morgan fingerprint density at radius 2 is 2.00 bits per heavy atom. The number of benzene rings is 1. The normalized spacial score (nSPS) is 20.3. The van der Waals surface area contributed by atoms with Crippen molar-refractivity contribution in [2.75, 3.05) is 44.7 Å². The first-order chi connectivity index (χ1) is 16.5. The van der Waals surface area contributed by atoms with Crippen LogP contribution in [0.3, 0.4) is 0 Å². The predicted molar refractivity (Wildman–Crippen MR) is 128 cm³/mol. The van der Waals surface area contributed by atoms with Gasteiger partial charge in [-0.15, -0.1) is 0 Å². The van der Waals surface area contributed by atoms with Crippen LogP contribution in [0.1, 0.15) is 40.8 Å². The van der Waals surface area contributed by atoms with Crippen molar-refractivity contribution in [1.82, 2.24) is 30.8 Å². The number of nitrogens with zero attached hydrogens (tertiary/aromatic N) is 3. The minimum atomic E-state index is -2.62. The van der Waals surface area contributed by atoms with Gasteiger partial charge in [0.25, 0.3) is 12.3 Å². The Bertz CT molecular complexity index is 969. The van der Waals surface area contributed by atoms with E-state index in [-0.39, 0.29) is 29.0 Å². The largest absolute Gasteiger partial charge is 0.379 e. The molecule has 0 bridgehead atoms. The van der Waals surface area contributed by atoms with Gasteiger partial charge in [0, 0.05) is 19.6 Å². The third kappa shape index (κ3) is 5.99. The van der Waals surface area contributed by atoms with Crippen LogP contribution in [0.15, 0.2) is 36.5 Å². The summed E-state index contributed by atoms with van der Waals surface area (Å²) in [6.45, 7) is 4.97. The van der Waals surface area contributed by atoms with Gasteiger partial charge in [-0.3, -0.25) is 20.5 Å². The Balaban J connectivity index is 1.31. The van der Waals surface area contributed by atoms with Crippen LogP contribution in [-0.2, 0) is 4.74 Å². The summed E-state index contributed by atoms with van der Waals surface area (Å²) in [6, 6.07) is 7.82. The molecular formula is C22H29F2N7O2S. The molecule has 0 radical (unpaired) electrons. The summed E-state index contributed by atoms with van der Waals surface area (Å²) in [4.78, 5) is 15.1. The van der Waals surface area contributed by atoms with Gasteiger partial charge in [0.2, 0.25) is 0 Å². The van der Waals surface area contributed by atoms with E-state index in [2.05, 4.69) is 31.5 Å². The average molecular weight is 494 g/mol. The number of carbonyl (C=O) groups excluding carboxylic acids is 1. The van der Waals surface area contributed by atoms with Gasteiger partial charge in [0.05, 0.1) is 25.5 Å². The molecule has 1 saturated heterocycles. The summed E-state index contributed by atoms with van der Waals surface area (Å²) in [7, 11) is 0. The molecule has 3 heterocycles. The highest BCUT2D eigenvalue weighted by molar-refractivity contribution is 7.80. The summed E-state index contributed by atoms with van der Waals surface area (Å²) >= 11 is 5.22. The molecular weight excluding hydrogens is 464 g/mol. The molecule has 2 unspecified atom stereocenters. The summed E-state index contributed by atoms with van der Waals surface area (Å²) in [5.74, 6) is -0.262. The zero-order chi connectivity index (χ0) is 23.9. The predicted octanol–water partition coefficient (Wildman–Crippen LogP) is 2.08. The van der Waals surface area contributed by atoms with Gasteiger partial charge in [0.1, 0.15) is 17.4 Å². The third-order valence-corrected chi connectivity index (χ3v) is 6.21. The number of ether oxygens (including phenoxy) is 1. The van der Waals surface area contributed by atoms with Gasteiger partial charge in [-0.25, -0.2) is 13.5 Å². The molecule has 4 N–H and O–H groups in total. The summed E-state index contributed by atoms with van der Waals surface area (Å²) in [6.07, 6.45) is -0.267. The second-order valence-electron chi connectivity index (χ2n) is 8.24. The number of halogens is 2. The number of hydrogen-bond donors (Lipinski definition) is 4. The third-order valence-electron chi connectivity index (χ3n) is 5.97. The lowest BCUT2D eigenvalue weighted by Gasteiger charge is -2.32. The maximum atomic E-state index is 13.8. The van der Waals surface area contributed by atoms with Crippen LogP contribution in [0.4, 0.5) is 14.6 Å². The monoisotopic (exact) mass is 493 g/mol. The highest BCUT2D eigenvalue weighted by Gasteiger charge is 2.36. The van der Waals surface area contributed by atoms with Crippen LogP contribution in [-0.4, -0.2) is 71.5 Å². The molecule has 2 aromatic rings. The van der Waals surface area contributed by atoms with Crippen LogP contribution in [0, 0.1) is 0 Å². The molecule has 9 nitrogen and oxygen atoms in total. The van der Waals surface area contributed by atoms with Crippen LogP contribution in [0.2, 0.25) is 0 Å². The van der Waals surface area contributed by atoms with Gasteiger partial charge >= 0.3 is 0 Å². The van der Waals surface area contributed by atoms with E-state index in [4.69, 9.17) is 17.0 Å². The lowest BCUT2D eigenvalue weighted by atomic mass is 9.97. The lowest BCUT2D eigenvalue weighted by Crippen LogP contribution is -2.47. The van der Waals surface area contributed by atoms with E-state index in [0.29, 0.717) is 6.54 Å². The van der Waals surface area contributed by atoms with Crippen LogP contribution in [0.25, 0.3) is 0 Å². The van der Waals surface area contributed by atoms with Crippen LogP contribution in [0.5, 0.6) is 0 Å². The Hall–Kier alpha value is -2.83. The Labute approximate surface area is 202 Å². The maximum absolute atomic E-state index is 13.8. The van der Waals surface area contributed by atoms with Crippen molar-refractivity contribution in [2.24, 2.45) is 0 Å². The first-order valence-corrected chi connectivity index (χ1v) is 11.7. The average Bonchev–Trinajstić information content (AvgIpc) is 3.30. The van der Waals surface area contributed by atoms with Crippen LogP contribution >= 0.6 is 12.2 Å². The van der Waals surface area contributed by atoms with E-state index < -0.39 is 18.4 Å². The number of rotatable bonds is 7. The molecule has 0 aliphatic carbocycles. The van der Waals surface area contributed by atoms with Gasteiger partial charge < -0.3 is 15.4 Å². The molecule has 184 valence electrons.